The number of rotatable bonds is 5. The maximum absolute atomic E-state index is 14.2. The van der Waals surface area contributed by atoms with Crippen LogP contribution in [-0.4, -0.2) is 37.6 Å². The summed E-state index contributed by atoms with van der Waals surface area (Å²) >= 11 is 3.49. The van der Waals surface area contributed by atoms with Gasteiger partial charge in [0.05, 0.1) is 17.3 Å². The van der Waals surface area contributed by atoms with Gasteiger partial charge in [-0.05, 0) is 61.1 Å². The Labute approximate surface area is 223 Å². The lowest BCUT2D eigenvalue weighted by Gasteiger charge is -2.29. The van der Waals surface area contributed by atoms with Crippen molar-refractivity contribution < 1.29 is 19.1 Å². The molecule has 9 nitrogen and oxygen atoms in total. The molecule has 2 aromatic heterocycles. The topological polar surface area (TPSA) is 123 Å². The number of carbonyl (C=O) groups excluding carboxylic acids is 1. The fourth-order valence-electron chi connectivity index (χ4n) is 5.04. The summed E-state index contributed by atoms with van der Waals surface area (Å²) in [5.74, 6) is -0.700. The van der Waals surface area contributed by atoms with Crippen molar-refractivity contribution in [2.24, 2.45) is 0 Å². The van der Waals surface area contributed by atoms with Crippen LogP contribution in [0, 0.1) is 5.82 Å². The Balaban J connectivity index is 1.66. The summed E-state index contributed by atoms with van der Waals surface area (Å²) in [5, 5.41) is 11.4. The molecule has 1 aliphatic carbocycles. The van der Waals surface area contributed by atoms with E-state index in [1.54, 1.807) is 36.4 Å². The van der Waals surface area contributed by atoms with Gasteiger partial charge in [-0.3, -0.25) is 14.2 Å². The number of nitrogens with one attached hydrogen (secondary N) is 1. The number of benzene rings is 2. The number of carboxylic acid groups (broad SMARTS) is 1. The third-order valence-corrected chi connectivity index (χ3v) is 7.48. The van der Waals surface area contributed by atoms with Crippen LogP contribution in [0.3, 0.4) is 0 Å². The maximum Gasteiger partial charge on any atom is 0.404 e. The van der Waals surface area contributed by atoms with Crippen molar-refractivity contribution in [3.8, 4) is 16.8 Å². The first-order chi connectivity index (χ1) is 18.3. The van der Waals surface area contributed by atoms with Crippen LogP contribution in [0.15, 0.2) is 68.8 Å². The number of fused-ring (bicyclic) bond motifs is 1. The molecule has 1 aliphatic rings. The fourth-order valence-corrected chi connectivity index (χ4v) is 5.67. The normalized spacial score (nSPS) is 17.3. The molecule has 0 saturated heterocycles. The predicted molar refractivity (Wildman–Crippen MR) is 143 cm³/mol. The average molecular weight is 581 g/mol. The highest BCUT2D eigenvalue weighted by molar-refractivity contribution is 9.10. The van der Waals surface area contributed by atoms with Crippen LogP contribution in [0.4, 0.5) is 9.18 Å². The number of amides is 1. The third-order valence-electron chi connectivity index (χ3n) is 6.83. The number of nitrogens with zero attached hydrogens (tertiary/aromatic N) is 3. The van der Waals surface area contributed by atoms with Crippen molar-refractivity contribution in [1.29, 1.82) is 0 Å². The predicted octanol–water partition coefficient (Wildman–Crippen LogP) is 4.68. The van der Waals surface area contributed by atoms with Crippen molar-refractivity contribution in [2.75, 3.05) is 0 Å². The lowest BCUT2D eigenvalue weighted by atomic mass is 9.91. The molecular weight excluding hydrogens is 559 g/mol. The van der Waals surface area contributed by atoms with E-state index in [-0.39, 0.29) is 17.1 Å². The van der Waals surface area contributed by atoms with Crippen LogP contribution in [-0.2, 0) is 0 Å². The molecule has 194 valence electrons. The zero-order valence-corrected chi connectivity index (χ0v) is 21.5. The Morgan fingerprint density at radius 2 is 1.87 bits per heavy atom. The summed E-state index contributed by atoms with van der Waals surface area (Å²) in [6, 6.07) is 12.6. The van der Waals surface area contributed by atoms with Gasteiger partial charge in [-0.15, -0.1) is 0 Å². The summed E-state index contributed by atoms with van der Waals surface area (Å²) in [6.07, 6.45) is 2.33. The van der Waals surface area contributed by atoms with E-state index in [4.69, 9.17) is 5.11 Å². The van der Waals surface area contributed by atoms with Crippen LogP contribution < -0.4 is 16.6 Å². The molecule has 4 aromatic rings. The molecule has 1 fully saturated rings. The highest BCUT2D eigenvalue weighted by Crippen LogP contribution is 2.31. The average Bonchev–Trinajstić information content (AvgIpc) is 2.90. The Kier molecular flexibility index (Phi) is 6.94. The molecule has 11 heteroatoms. The fraction of sp³-hybridized carbons (Fsp3) is 0.222. The zero-order chi connectivity index (χ0) is 27.0. The van der Waals surface area contributed by atoms with Crippen molar-refractivity contribution in [3.63, 3.8) is 0 Å². The van der Waals surface area contributed by atoms with E-state index in [1.165, 1.54) is 4.57 Å². The standard InChI is InChI=1S/C27H22BrFN4O5/c28-23-10-15(14-34)4-9-21(23)16-2-1-3-20(11-16)32-24-22(12-17(29)13-30-24)25(35)33(27(32)38)19-7-5-18(6-8-19)31-26(36)37/h1-4,9-14,18-19,31H,5-8H2,(H,36,37). The van der Waals surface area contributed by atoms with Crippen molar-refractivity contribution in [2.45, 2.75) is 37.8 Å². The first-order valence-corrected chi connectivity index (χ1v) is 12.7. The number of hydrogen-bond acceptors (Lipinski definition) is 5. The number of halogens is 2. The van der Waals surface area contributed by atoms with E-state index in [9.17, 15) is 23.6 Å². The van der Waals surface area contributed by atoms with E-state index >= 15 is 0 Å². The molecular formula is C27H22BrFN4O5. The molecule has 2 heterocycles. The first kappa shape index (κ1) is 25.5. The maximum atomic E-state index is 14.2. The minimum absolute atomic E-state index is 0.0303. The molecule has 0 spiro atoms. The number of aldehydes is 1. The quantitative estimate of drug-likeness (QED) is 0.330. The number of hydrogen-bond donors (Lipinski definition) is 2. The molecule has 1 amide bonds. The van der Waals surface area contributed by atoms with Crippen molar-refractivity contribution >= 4 is 39.3 Å². The second-order valence-corrected chi connectivity index (χ2v) is 10.0. The van der Waals surface area contributed by atoms with E-state index < -0.39 is 29.2 Å². The smallest absolute Gasteiger partial charge is 0.404 e. The van der Waals surface area contributed by atoms with E-state index in [1.807, 2.05) is 6.07 Å². The number of aromatic nitrogens is 3. The number of carbonyl (C=O) groups is 2. The molecule has 0 atom stereocenters. The summed E-state index contributed by atoms with van der Waals surface area (Å²) in [7, 11) is 0. The Morgan fingerprint density at radius 1 is 1.11 bits per heavy atom. The summed E-state index contributed by atoms with van der Waals surface area (Å²) in [6.45, 7) is 0. The molecule has 38 heavy (non-hydrogen) atoms. The monoisotopic (exact) mass is 580 g/mol. The minimum Gasteiger partial charge on any atom is -0.465 e. The molecule has 0 bridgehead atoms. The molecule has 5 rings (SSSR count). The summed E-state index contributed by atoms with van der Waals surface area (Å²) < 4.78 is 17.3. The second-order valence-electron chi connectivity index (χ2n) is 9.18. The highest BCUT2D eigenvalue weighted by atomic mass is 79.9. The first-order valence-electron chi connectivity index (χ1n) is 11.9. The van der Waals surface area contributed by atoms with Gasteiger partial charge in [0.15, 0.2) is 5.65 Å². The van der Waals surface area contributed by atoms with Crippen LogP contribution >= 0.6 is 15.9 Å². The van der Waals surface area contributed by atoms with E-state index in [2.05, 4.69) is 26.2 Å². The largest absolute Gasteiger partial charge is 0.465 e. The highest BCUT2D eigenvalue weighted by Gasteiger charge is 2.28. The van der Waals surface area contributed by atoms with Gasteiger partial charge in [0.1, 0.15) is 12.1 Å². The molecule has 2 N–H and O–H groups in total. The molecule has 0 unspecified atom stereocenters. The van der Waals surface area contributed by atoms with Gasteiger partial charge < -0.3 is 10.4 Å². The minimum atomic E-state index is -1.12. The third kappa shape index (κ3) is 4.76. The van der Waals surface area contributed by atoms with Crippen LogP contribution in [0.1, 0.15) is 42.1 Å². The van der Waals surface area contributed by atoms with Gasteiger partial charge in [-0.2, -0.15) is 0 Å². The Bertz CT molecular complexity index is 1690. The zero-order valence-electron chi connectivity index (χ0n) is 19.9. The van der Waals surface area contributed by atoms with Gasteiger partial charge in [0, 0.05) is 22.1 Å². The Hall–Kier alpha value is -4.12. The second kappa shape index (κ2) is 10.3. The summed E-state index contributed by atoms with van der Waals surface area (Å²) in [4.78, 5) is 53.6. The van der Waals surface area contributed by atoms with Gasteiger partial charge in [-0.1, -0.05) is 40.2 Å². The van der Waals surface area contributed by atoms with Crippen LogP contribution in [0.5, 0.6) is 0 Å². The Morgan fingerprint density at radius 3 is 2.55 bits per heavy atom. The number of pyridine rings is 1. The molecule has 0 radical (unpaired) electrons. The van der Waals surface area contributed by atoms with Gasteiger partial charge >= 0.3 is 11.8 Å². The SMILES string of the molecule is O=Cc1ccc(-c2cccc(-n3c(=O)n(C4CCC(NC(=O)O)CC4)c(=O)c4cc(F)cnc43)c2)c(Br)c1. The van der Waals surface area contributed by atoms with Crippen molar-refractivity contribution in [3.05, 3.63) is 91.4 Å². The lowest BCUT2D eigenvalue weighted by molar-refractivity contribution is 0.112. The van der Waals surface area contributed by atoms with E-state index in [0.717, 1.165) is 34.2 Å². The van der Waals surface area contributed by atoms with Gasteiger partial charge in [0.25, 0.3) is 5.56 Å². The summed E-state index contributed by atoms with van der Waals surface area (Å²) in [5.41, 5.74) is 1.25. The molecule has 1 saturated carbocycles. The lowest BCUT2D eigenvalue weighted by Crippen LogP contribution is -2.45. The molecule has 0 aliphatic heterocycles. The van der Waals surface area contributed by atoms with E-state index in [0.29, 0.717) is 41.4 Å². The van der Waals surface area contributed by atoms with Crippen LogP contribution in [0.25, 0.3) is 27.8 Å². The van der Waals surface area contributed by atoms with Crippen LogP contribution in [0.2, 0.25) is 0 Å². The molecule has 2 aromatic carbocycles. The van der Waals surface area contributed by atoms with Crippen molar-refractivity contribution in [1.82, 2.24) is 19.4 Å². The van der Waals surface area contributed by atoms with Gasteiger partial charge in [0.2, 0.25) is 0 Å². The van der Waals surface area contributed by atoms with Gasteiger partial charge in [-0.25, -0.2) is 23.5 Å².